The van der Waals surface area contributed by atoms with Crippen molar-refractivity contribution in [2.45, 2.75) is 26.2 Å². The fraction of sp³-hybridized carbons (Fsp3) is 0.250. The number of phenolic OH excluding ortho intramolecular Hbond substituents is 1. The third-order valence-electron chi connectivity index (χ3n) is 2.82. The van der Waals surface area contributed by atoms with Crippen LogP contribution in [0.4, 0.5) is 0 Å². The fourth-order valence-electron chi connectivity index (χ4n) is 1.69. The average Bonchev–Trinajstić information content (AvgIpc) is 2.46. The Hall–Kier alpha value is -0.890. The summed E-state index contributed by atoms with van der Waals surface area (Å²) in [5, 5.41) is 8.63. The second kappa shape index (κ2) is 12.5. The molecule has 0 amide bonds. The Morgan fingerprint density at radius 2 is 1.43 bits per heavy atom. The van der Waals surface area contributed by atoms with Gasteiger partial charge >= 0.3 is 97.2 Å². The van der Waals surface area contributed by atoms with E-state index in [0.29, 0.717) is 5.75 Å². The Kier molecular flexibility index (Phi) is 12.0. The topological polar surface area (TPSA) is 94.8 Å². The number of aromatic hydroxyl groups is 1. The van der Waals surface area contributed by atoms with Crippen LogP contribution in [0.2, 0.25) is 0 Å². The predicted octanol–water partition coefficient (Wildman–Crippen LogP) is 2.56. The van der Waals surface area contributed by atoms with Crippen LogP contribution in [0.15, 0.2) is 54.6 Å². The summed E-state index contributed by atoms with van der Waals surface area (Å²) in [4.78, 5) is 0. The molecule has 122 valence electrons. The van der Waals surface area contributed by atoms with E-state index in [0.717, 1.165) is 0 Å². The summed E-state index contributed by atoms with van der Waals surface area (Å²) in [7, 11) is -4.67. The quantitative estimate of drug-likeness (QED) is 0.585. The van der Waals surface area contributed by atoms with Gasteiger partial charge in [-0.25, -0.2) is 0 Å². The zero-order chi connectivity index (χ0) is 17.7. The van der Waals surface area contributed by atoms with Crippen LogP contribution in [0.5, 0.6) is 5.75 Å². The average molecular weight is 348 g/mol. The van der Waals surface area contributed by atoms with Crippen molar-refractivity contribution >= 4 is 41.1 Å². The second-order valence-electron chi connectivity index (χ2n) is 4.81. The first-order valence-electron chi connectivity index (χ1n) is 7.22. The smallest absolute Gasteiger partial charge is 0.394 e. The van der Waals surface area contributed by atoms with Crippen molar-refractivity contribution in [3.8, 4) is 5.75 Å². The van der Waals surface area contributed by atoms with E-state index in [1.807, 2.05) is 6.07 Å². The molecule has 0 atom stereocenters. The summed E-state index contributed by atoms with van der Waals surface area (Å²) in [6.07, 6.45) is 3.91. The molecule has 5 nitrogen and oxygen atoms in total. The third kappa shape index (κ3) is 15.8. The van der Waals surface area contributed by atoms with Gasteiger partial charge in [-0.05, 0) is 12.1 Å². The molecule has 0 spiro atoms. The normalized spacial score (nSPS) is 9.96. The van der Waals surface area contributed by atoms with Crippen molar-refractivity contribution in [1.82, 2.24) is 0 Å². The van der Waals surface area contributed by atoms with Crippen LogP contribution in [0.1, 0.15) is 25.3 Å². The summed E-state index contributed by atoms with van der Waals surface area (Å²) in [6.45, 7) is 2.25. The predicted molar refractivity (Wildman–Crippen MR) is 92.7 cm³/mol. The third-order valence-corrected chi connectivity index (χ3v) is 3.79. The summed E-state index contributed by atoms with van der Waals surface area (Å²) < 4.78 is 33.2. The van der Waals surface area contributed by atoms with Crippen molar-refractivity contribution in [2.75, 3.05) is 0 Å². The van der Waals surface area contributed by atoms with E-state index >= 15 is 0 Å². The summed E-state index contributed by atoms with van der Waals surface area (Å²) in [6, 6.07) is 17.5. The van der Waals surface area contributed by atoms with Crippen molar-refractivity contribution < 1.29 is 22.6 Å². The largest absolute Gasteiger partial charge is 0.508 e. The minimum Gasteiger partial charge on any atom is -0.508 e. The number of unbranched alkanes of at least 4 members (excludes halogenated alkanes) is 1. The number of hydrogen-bond donors (Lipinski definition) is 3. The maximum Gasteiger partial charge on any atom is 0.394 e. The zero-order valence-corrected chi connectivity index (χ0v) is 16.2. The molecule has 0 fully saturated rings. The number of para-hydroxylation sites is 1. The van der Waals surface area contributed by atoms with Gasteiger partial charge in [0.25, 0.3) is 0 Å². The van der Waals surface area contributed by atoms with E-state index in [-0.39, 0.29) is 0 Å². The molecule has 0 aliphatic rings. The molecule has 0 aliphatic heterocycles. The van der Waals surface area contributed by atoms with Gasteiger partial charge in [0.2, 0.25) is 0 Å². The molecule has 0 heterocycles. The molecular weight excluding hydrogens is 327 g/mol. The molecule has 0 radical (unpaired) electrons. The zero-order valence-electron chi connectivity index (χ0n) is 13.4. The van der Waals surface area contributed by atoms with Gasteiger partial charge in [0.15, 0.2) is 0 Å². The first-order valence-corrected chi connectivity index (χ1v) is 9.62. The molecule has 0 saturated carbocycles. The molecule has 0 bridgehead atoms. The van der Waals surface area contributed by atoms with Gasteiger partial charge in [-0.2, -0.15) is 8.42 Å². The number of phenols is 1. The summed E-state index contributed by atoms with van der Waals surface area (Å²) in [5.74, 6) is 0.322. The van der Waals surface area contributed by atoms with Gasteiger partial charge in [-0.1, -0.05) is 18.2 Å². The first kappa shape index (κ1) is 22.1. The Morgan fingerprint density at radius 1 is 0.957 bits per heavy atom. The molecule has 0 aliphatic carbocycles. The maximum absolute atomic E-state index is 8.74. The van der Waals surface area contributed by atoms with E-state index in [1.54, 1.807) is 32.6 Å². The monoisotopic (exact) mass is 348 g/mol. The Balaban J connectivity index is 0.000000347. The maximum atomic E-state index is 8.74. The number of hydrogen-bond acceptors (Lipinski definition) is 3. The minimum absolute atomic E-state index is 0.322. The van der Waals surface area contributed by atoms with E-state index < -0.39 is 10.4 Å². The summed E-state index contributed by atoms with van der Waals surface area (Å²) in [5.41, 5.74) is 1.57. The first-order chi connectivity index (χ1) is 10.7. The standard InChI is InChI=1S/C10H13.C6H6O.Na.H2O4S/c1-2-3-7-10-8-5-4-6-9-10;7-6-4-2-1-3-5-6;;1-5(2,3)4/h4-6,8H,2-3,7H2,1H3;1-5,7H;;(H2,1,2,3,4). The Morgan fingerprint density at radius 3 is 1.83 bits per heavy atom. The molecule has 2 aromatic rings. The van der Waals surface area contributed by atoms with Gasteiger partial charge in [-0.3, -0.25) is 9.11 Å². The molecule has 0 saturated heterocycles. The van der Waals surface area contributed by atoms with Gasteiger partial charge in [0.1, 0.15) is 5.75 Å². The molecule has 2 rings (SSSR count). The van der Waals surface area contributed by atoms with E-state index in [1.165, 1.54) is 47.2 Å². The van der Waals surface area contributed by atoms with Crippen molar-refractivity contribution in [2.24, 2.45) is 0 Å². The molecule has 0 aromatic heterocycles. The number of aryl methyl sites for hydroxylation is 1. The van der Waals surface area contributed by atoms with Crippen LogP contribution in [0.3, 0.4) is 0 Å². The molecule has 0 unspecified atom stereocenters. The van der Waals surface area contributed by atoms with E-state index in [4.69, 9.17) is 22.6 Å². The van der Waals surface area contributed by atoms with Crippen LogP contribution >= 0.6 is 0 Å². The fourth-order valence-corrected chi connectivity index (χ4v) is 2.29. The minimum atomic E-state index is -4.67. The second-order valence-corrected chi connectivity index (χ2v) is 6.79. The number of benzene rings is 2. The van der Waals surface area contributed by atoms with Crippen LogP contribution in [0.25, 0.3) is 0 Å². The van der Waals surface area contributed by atoms with Gasteiger partial charge in [-0.15, -0.1) is 0 Å². The molecule has 3 N–H and O–H groups in total. The van der Waals surface area contributed by atoms with Gasteiger partial charge in [0, 0.05) is 0 Å². The number of rotatable bonds is 3. The molecule has 23 heavy (non-hydrogen) atoms. The van der Waals surface area contributed by atoms with Crippen LogP contribution in [-0.2, 0) is 16.8 Å². The van der Waals surface area contributed by atoms with Crippen LogP contribution in [0, 0.1) is 0 Å². The summed E-state index contributed by atoms with van der Waals surface area (Å²) >= 11 is 1.19. The SMILES string of the molecule is CCCCc1cccc[c]1[Na].O=S(=O)(O)O.Oc1ccccc1. The van der Waals surface area contributed by atoms with Crippen LogP contribution in [-0.4, -0.2) is 50.6 Å². The van der Waals surface area contributed by atoms with Crippen molar-refractivity contribution in [1.29, 1.82) is 0 Å². The molecular formula is C16H21NaO5S. The molecule has 2 aromatic carbocycles. The Labute approximate surface area is 155 Å². The van der Waals surface area contributed by atoms with E-state index in [2.05, 4.69) is 31.2 Å². The van der Waals surface area contributed by atoms with Gasteiger partial charge in [0.05, 0.1) is 0 Å². The Bertz CT molecular complexity index is 637. The van der Waals surface area contributed by atoms with Gasteiger partial charge < -0.3 is 5.11 Å². The van der Waals surface area contributed by atoms with E-state index in [9.17, 15) is 0 Å². The molecule has 7 heteroatoms. The van der Waals surface area contributed by atoms with Crippen molar-refractivity contribution in [3.63, 3.8) is 0 Å². The van der Waals surface area contributed by atoms with Crippen LogP contribution < -0.4 is 2.81 Å². The van der Waals surface area contributed by atoms with Crippen molar-refractivity contribution in [3.05, 3.63) is 60.2 Å².